The largest absolute Gasteiger partial charge is 0.469 e. The Morgan fingerprint density at radius 3 is 2.24 bits per heavy atom. The molecule has 0 aromatic rings. The maximum absolute atomic E-state index is 14.4. The Morgan fingerprint density at radius 1 is 0.947 bits per heavy atom. The lowest BCUT2D eigenvalue weighted by atomic mass is 9.34. The number of ketones is 1. The summed E-state index contributed by atoms with van der Waals surface area (Å²) in [5, 5.41) is 0. The number of hydrogen-bond donors (Lipinski definition) is 0. The Kier molecular flexibility index (Phi) is 6.04. The van der Waals surface area contributed by atoms with E-state index >= 15 is 0 Å². The first kappa shape index (κ1) is 27.6. The average Bonchev–Trinajstić information content (AvgIpc) is 2.81. The van der Waals surface area contributed by atoms with Gasteiger partial charge in [-0.2, -0.15) is 0 Å². The summed E-state index contributed by atoms with van der Waals surface area (Å²) in [6.45, 7) is 17.5. The van der Waals surface area contributed by atoms with Crippen LogP contribution in [0.25, 0.3) is 0 Å². The molecule has 3 unspecified atom stereocenters. The summed E-state index contributed by atoms with van der Waals surface area (Å²) in [7, 11) is 1.51. The average molecular weight is 525 g/mol. The maximum atomic E-state index is 14.4. The van der Waals surface area contributed by atoms with E-state index in [0.29, 0.717) is 0 Å². The topological polar surface area (TPSA) is 69.7 Å². The number of rotatable bonds is 2. The van der Waals surface area contributed by atoms with Crippen LogP contribution in [0.4, 0.5) is 0 Å². The number of ether oxygens (including phenoxy) is 2. The minimum absolute atomic E-state index is 0.00297. The Balaban J connectivity index is 1.64. The minimum Gasteiger partial charge on any atom is -0.469 e. The molecule has 5 heteroatoms. The lowest BCUT2D eigenvalue weighted by Gasteiger charge is -2.69. The summed E-state index contributed by atoms with van der Waals surface area (Å²) in [6, 6.07) is 0. The highest BCUT2D eigenvalue weighted by molar-refractivity contribution is 5.96. The van der Waals surface area contributed by atoms with Gasteiger partial charge in [0, 0.05) is 23.7 Å². The van der Waals surface area contributed by atoms with Crippen molar-refractivity contribution in [2.45, 2.75) is 106 Å². The molecule has 5 nitrogen and oxygen atoms in total. The molecule has 0 aromatic carbocycles. The highest BCUT2D eigenvalue weighted by atomic mass is 16.5. The van der Waals surface area contributed by atoms with E-state index in [9.17, 15) is 14.4 Å². The fourth-order valence-corrected chi connectivity index (χ4v) is 10.4. The summed E-state index contributed by atoms with van der Waals surface area (Å²) in [5.74, 6) is -0.105. The molecular weight excluding hydrogens is 476 g/mol. The summed E-state index contributed by atoms with van der Waals surface area (Å²) in [4.78, 5) is 39.7. The molecule has 3 saturated carbocycles. The molecule has 0 aliphatic heterocycles. The third-order valence-electron chi connectivity index (χ3n) is 12.7. The number of methoxy groups -OCH3 is 1. The standard InChI is InChI=1S/C33H48O5/c1-20(34)38-25-11-12-30(6)23(29(25,4)5)10-13-31(7)24(30)18-22(35)26-21-19-28(2,3)14-16-33(21,27(36)37-9)17-15-32(26,31)8/h11-12,18,21,23,25-26H,10,13-17,19H2,1-9H3/t21?,23-,25?,26?,30-,31+,32+,33-/m0/s1. The fraction of sp³-hybridized carbons (Fsp3) is 0.788. The second-order valence-corrected chi connectivity index (χ2v) is 15.4. The van der Waals surface area contributed by atoms with Crippen LogP contribution in [0, 0.1) is 50.2 Å². The zero-order chi connectivity index (χ0) is 28.1. The zero-order valence-electron chi connectivity index (χ0n) is 25.0. The van der Waals surface area contributed by atoms with E-state index < -0.39 is 5.41 Å². The smallest absolute Gasteiger partial charge is 0.312 e. The number of esters is 2. The highest BCUT2D eigenvalue weighted by Gasteiger charge is 2.70. The second kappa shape index (κ2) is 8.30. The molecule has 0 radical (unpaired) electrons. The maximum Gasteiger partial charge on any atom is 0.312 e. The molecule has 5 aliphatic rings. The van der Waals surface area contributed by atoms with E-state index in [0.717, 1.165) is 44.9 Å². The van der Waals surface area contributed by atoms with Gasteiger partial charge in [0.2, 0.25) is 0 Å². The number of allylic oxidation sites excluding steroid dienone is 3. The summed E-state index contributed by atoms with van der Waals surface area (Å²) in [6.07, 6.45) is 12.3. The van der Waals surface area contributed by atoms with Crippen molar-refractivity contribution in [2.75, 3.05) is 7.11 Å². The Bertz CT molecular complexity index is 1130. The third kappa shape index (κ3) is 3.45. The molecule has 0 N–H and O–H groups in total. The number of carbonyl (C=O) groups excluding carboxylic acids is 3. The second-order valence-electron chi connectivity index (χ2n) is 15.4. The van der Waals surface area contributed by atoms with Gasteiger partial charge in [0.15, 0.2) is 5.78 Å². The van der Waals surface area contributed by atoms with Gasteiger partial charge in [-0.05, 0) is 85.2 Å². The molecule has 0 aromatic heterocycles. The van der Waals surface area contributed by atoms with Crippen molar-refractivity contribution in [3.63, 3.8) is 0 Å². The van der Waals surface area contributed by atoms with Gasteiger partial charge >= 0.3 is 11.9 Å². The van der Waals surface area contributed by atoms with Crippen molar-refractivity contribution in [1.29, 1.82) is 0 Å². The van der Waals surface area contributed by atoms with Crippen LogP contribution in [0.5, 0.6) is 0 Å². The summed E-state index contributed by atoms with van der Waals surface area (Å²) in [5.41, 5.74) is -0.153. The molecule has 8 atom stereocenters. The number of hydrogen-bond acceptors (Lipinski definition) is 5. The van der Waals surface area contributed by atoms with Gasteiger partial charge in [-0.15, -0.1) is 0 Å². The van der Waals surface area contributed by atoms with Gasteiger partial charge in [0.25, 0.3) is 0 Å². The molecule has 210 valence electrons. The molecule has 0 heterocycles. The third-order valence-corrected chi connectivity index (χ3v) is 12.7. The van der Waals surface area contributed by atoms with Crippen LogP contribution in [-0.2, 0) is 23.9 Å². The van der Waals surface area contributed by atoms with Crippen LogP contribution in [-0.4, -0.2) is 30.9 Å². The molecule has 0 saturated heterocycles. The van der Waals surface area contributed by atoms with E-state index in [4.69, 9.17) is 9.47 Å². The monoisotopic (exact) mass is 524 g/mol. The summed E-state index contributed by atoms with van der Waals surface area (Å²) < 4.78 is 11.2. The predicted molar refractivity (Wildman–Crippen MR) is 147 cm³/mol. The van der Waals surface area contributed by atoms with E-state index in [2.05, 4.69) is 60.6 Å². The van der Waals surface area contributed by atoms with E-state index in [-0.39, 0.29) is 68.7 Å². The quantitative estimate of drug-likeness (QED) is 0.292. The Labute approximate surface area is 229 Å². The first-order chi connectivity index (χ1) is 17.5. The first-order valence-electron chi connectivity index (χ1n) is 14.7. The van der Waals surface area contributed by atoms with E-state index in [1.54, 1.807) is 0 Å². The normalized spacial score (nSPS) is 46.4. The van der Waals surface area contributed by atoms with Crippen molar-refractivity contribution >= 4 is 17.7 Å². The van der Waals surface area contributed by atoms with Gasteiger partial charge in [-0.25, -0.2) is 0 Å². The minimum atomic E-state index is -0.559. The van der Waals surface area contributed by atoms with Gasteiger partial charge in [-0.3, -0.25) is 14.4 Å². The number of carbonyl (C=O) groups is 3. The summed E-state index contributed by atoms with van der Waals surface area (Å²) >= 11 is 0. The molecule has 0 spiro atoms. The molecule has 0 amide bonds. The van der Waals surface area contributed by atoms with Crippen LogP contribution in [0.2, 0.25) is 0 Å². The lowest BCUT2D eigenvalue weighted by molar-refractivity contribution is -0.192. The molecule has 38 heavy (non-hydrogen) atoms. The van der Waals surface area contributed by atoms with Crippen LogP contribution in [0.3, 0.4) is 0 Å². The van der Waals surface area contributed by atoms with Crippen LogP contribution in [0.15, 0.2) is 23.8 Å². The van der Waals surface area contributed by atoms with Crippen LogP contribution in [0.1, 0.15) is 100 Å². The van der Waals surface area contributed by atoms with Crippen molar-refractivity contribution in [2.24, 2.45) is 50.2 Å². The first-order valence-corrected chi connectivity index (χ1v) is 14.7. The Morgan fingerprint density at radius 2 is 1.61 bits per heavy atom. The zero-order valence-corrected chi connectivity index (χ0v) is 25.0. The molecule has 5 rings (SSSR count). The van der Waals surface area contributed by atoms with Crippen molar-refractivity contribution in [1.82, 2.24) is 0 Å². The SMILES string of the molecule is COC(=O)[C@]12CCC(C)(C)CC1C1C(=O)C=C3[C@@]4(C)C=CC(OC(C)=O)C(C)(C)[C@@H]4CC[C@@]3(C)[C@]1(C)CC2. The van der Waals surface area contributed by atoms with E-state index in [1.165, 1.54) is 19.6 Å². The van der Waals surface area contributed by atoms with Gasteiger partial charge in [-0.1, -0.05) is 60.1 Å². The van der Waals surface area contributed by atoms with E-state index in [1.807, 2.05) is 6.08 Å². The number of fused-ring (bicyclic) bond motifs is 7. The van der Waals surface area contributed by atoms with Crippen molar-refractivity contribution in [3.05, 3.63) is 23.8 Å². The highest BCUT2D eigenvalue weighted by Crippen LogP contribution is 2.74. The van der Waals surface area contributed by atoms with Crippen molar-refractivity contribution in [3.8, 4) is 0 Å². The van der Waals surface area contributed by atoms with Gasteiger partial charge in [0.1, 0.15) is 6.10 Å². The molecule has 3 fully saturated rings. The molecule has 5 aliphatic carbocycles. The van der Waals surface area contributed by atoms with Gasteiger partial charge < -0.3 is 9.47 Å². The lowest BCUT2D eigenvalue weighted by Crippen LogP contribution is -2.66. The van der Waals surface area contributed by atoms with Crippen LogP contribution >= 0.6 is 0 Å². The van der Waals surface area contributed by atoms with Crippen LogP contribution < -0.4 is 0 Å². The molecular formula is C33H48O5. The van der Waals surface area contributed by atoms with Crippen molar-refractivity contribution < 1.29 is 23.9 Å². The predicted octanol–water partition coefficient (Wildman–Crippen LogP) is 6.85. The Hall–Kier alpha value is -1.91. The molecule has 0 bridgehead atoms. The van der Waals surface area contributed by atoms with Gasteiger partial charge in [0.05, 0.1) is 12.5 Å². The fourth-order valence-electron chi connectivity index (χ4n) is 10.4.